The van der Waals surface area contributed by atoms with Gasteiger partial charge in [-0.2, -0.15) is 0 Å². The Labute approximate surface area is 170 Å². The van der Waals surface area contributed by atoms with Crippen molar-refractivity contribution in [2.24, 2.45) is 0 Å². The first kappa shape index (κ1) is 21.2. The highest BCUT2D eigenvalue weighted by Gasteiger charge is 1.95. The van der Waals surface area contributed by atoms with Crippen molar-refractivity contribution in [3.63, 3.8) is 0 Å². The Hall–Kier alpha value is -3.06. The molecule has 1 nitrogen and oxygen atoms in total. The second-order valence-corrected chi connectivity index (χ2v) is 6.85. The molecule has 2 aromatic rings. The lowest BCUT2D eigenvalue weighted by molar-refractivity contribution is 1.11. The molecule has 0 radical (unpaired) electrons. The summed E-state index contributed by atoms with van der Waals surface area (Å²) in [6, 6.07) is 19.1. The zero-order valence-electron chi connectivity index (χ0n) is 17.2. The molecule has 2 rings (SSSR count). The summed E-state index contributed by atoms with van der Waals surface area (Å²) in [6.45, 7) is 6.32. The normalized spacial score (nSPS) is 13.1. The molecule has 0 fully saturated rings. The highest BCUT2D eigenvalue weighted by atomic mass is 14.9. The molecule has 0 aliphatic carbocycles. The van der Waals surface area contributed by atoms with Gasteiger partial charge in [-0.3, -0.25) is 0 Å². The van der Waals surface area contributed by atoms with E-state index < -0.39 is 0 Å². The van der Waals surface area contributed by atoms with Gasteiger partial charge in [0, 0.05) is 11.4 Å². The Morgan fingerprint density at radius 1 is 0.821 bits per heavy atom. The smallest absolute Gasteiger partial charge is 0.0382 e. The predicted molar refractivity (Wildman–Crippen MR) is 125 cm³/mol. The van der Waals surface area contributed by atoms with Crippen LogP contribution < -0.4 is 5.32 Å². The summed E-state index contributed by atoms with van der Waals surface area (Å²) in [4.78, 5) is 0. The topological polar surface area (TPSA) is 12.0 Å². The van der Waals surface area contributed by atoms with Crippen molar-refractivity contribution >= 4 is 11.8 Å². The summed E-state index contributed by atoms with van der Waals surface area (Å²) in [5.41, 5.74) is 6.23. The molecule has 0 amide bonds. The summed E-state index contributed by atoms with van der Waals surface area (Å²) in [6.07, 6.45) is 18.7. The number of hydrogen-bond donors (Lipinski definition) is 1. The van der Waals surface area contributed by atoms with Gasteiger partial charge < -0.3 is 5.32 Å². The third-order valence-electron chi connectivity index (χ3n) is 4.28. The van der Waals surface area contributed by atoms with Crippen LogP contribution in [0, 0.1) is 0 Å². The molecule has 0 saturated heterocycles. The van der Waals surface area contributed by atoms with Gasteiger partial charge in [0.05, 0.1) is 0 Å². The first-order chi connectivity index (χ1) is 13.7. The summed E-state index contributed by atoms with van der Waals surface area (Å²) in [7, 11) is 0. The maximum Gasteiger partial charge on any atom is 0.0382 e. The molecule has 2 aromatic carbocycles. The number of benzene rings is 2. The Balaban J connectivity index is 1.83. The lowest BCUT2D eigenvalue weighted by Crippen LogP contribution is -1.95. The van der Waals surface area contributed by atoms with Gasteiger partial charge in [0.2, 0.25) is 0 Å². The predicted octanol–water partition coefficient (Wildman–Crippen LogP) is 7.73. The summed E-state index contributed by atoms with van der Waals surface area (Å²) < 4.78 is 0. The number of nitrogens with one attached hydrogen (secondary N) is 1. The quantitative estimate of drug-likeness (QED) is 0.352. The van der Waals surface area contributed by atoms with Crippen LogP contribution in [0.15, 0.2) is 108 Å². The van der Waals surface area contributed by atoms with Crippen molar-refractivity contribution in [2.45, 2.75) is 33.6 Å². The fourth-order valence-corrected chi connectivity index (χ4v) is 2.79. The molecular formula is C27H31N. The molecule has 0 saturated carbocycles. The van der Waals surface area contributed by atoms with Crippen molar-refractivity contribution in [1.82, 2.24) is 0 Å². The maximum atomic E-state index is 3.46. The average Bonchev–Trinajstić information content (AvgIpc) is 2.70. The first-order valence-corrected chi connectivity index (χ1v) is 9.87. The van der Waals surface area contributed by atoms with E-state index in [4.69, 9.17) is 0 Å². The Morgan fingerprint density at radius 2 is 1.54 bits per heavy atom. The Bertz CT molecular complexity index is 847. The van der Waals surface area contributed by atoms with Gasteiger partial charge in [0.15, 0.2) is 0 Å². The molecular weight excluding hydrogens is 338 g/mol. The molecule has 0 aliphatic rings. The van der Waals surface area contributed by atoms with Crippen LogP contribution >= 0.6 is 0 Å². The zero-order chi connectivity index (χ0) is 20.0. The molecule has 0 heterocycles. The molecule has 28 heavy (non-hydrogen) atoms. The van der Waals surface area contributed by atoms with E-state index in [1.807, 2.05) is 31.2 Å². The van der Waals surface area contributed by atoms with Crippen LogP contribution in [-0.2, 0) is 6.42 Å². The van der Waals surface area contributed by atoms with Crippen LogP contribution in [0.1, 0.15) is 38.3 Å². The average molecular weight is 370 g/mol. The zero-order valence-corrected chi connectivity index (χ0v) is 17.2. The van der Waals surface area contributed by atoms with E-state index in [0.29, 0.717) is 0 Å². The number of allylic oxidation sites excluding steroid dienone is 9. The van der Waals surface area contributed by atoms with Crippen LogP contribution in [0.4, 0.5) is 5.69 Å². The second kappa shape index (κ2) is 12.3. The minimum Gasteiger partial charge on any atom is -0.359 e. The molecule has 0 aromatic heterocycles. The van der Waals surface area contributed by atoms with E-state index in [-0.39, 0.29) is 0 Å². The molecule has 144 valence electrons. The van der Waals surface area contributed by atoms with Gasteiger partial charge >= 0.3 is 0 Å². The highest BCUT2D eigenvalue weighted by Crippen LogP contribution is 2.14. The van der Waals surface area contributed by atoms with Gasteiger partial charge in [-0.25, -0.2) is 0 Å². The monoisotopic (exact) mass is 369 g/mol. The molecule has 0 aliphatic heterocycles. The second-order valence-electron chi connectivity index (χ2n) is 6.85. The third-order valence-corrected chi connectivity index (χ3v) is 4.28. The molecule has 0 bridgehead atoms. The lowest BCUT2D eigenvalue weighted by atomic mass is 10.1. The number of rotatable bonds is 9. The third kappa shape index (κ3) is 8.55. The fourth-order valence-electron chi connectivity index (χ4n) is 2.79. The Morgan fingerprint density at radius 3 is 2.25 bits per heavy atom. The largest absolute Gasteiger partial charge is 0.359 e. The van der Waals surface area contributed by atoms with Gasteiger partial charge in [-0.1, -0.05) is 96.6 Å². The molecule has 0 atom stereocenters. The van der Waals surface area contributed by atoms with Crippen LogP contribution in [0.2, 0.25) is 0 Å². The van der Waals surface area contributed by atoms with Crippen molar-refractivity contribution in [1.29, 1.82) is 0 Å². The van der Waals surface area contributed by atoms with Gasteiger partial charge in [0.1, 0.15) is 0 Å². The van der Waals surface area contributed by atoms with Crippen molar-refractivity contribution in [3.05, 3.63) is 120 Å². The summed E-state index contributed by atoms with van der Waals surface area (Å²) in [5, 5.41) is 3.46. The van der Waals surface area contributed by atoms with Crippen molar-refractivity contribution in [2.75, 3.05) is 5.32 Å². The van der Waals surface area contributed by atoms with E-state index in [1.54, 1.807) is 0 Å². The summed E-state index contributed by atoms with van der Waals surface area (Å²) >= 11 is 0. The maximum absolute atomic E-state index is 3.46. The molecule has 0 spiro atoms. The van der Waals surface area contributed by atoms with Crippen molar-refractivity contribution < 1.29 is 0 Å². The van der Waals surface area contributed by atoms with E-state index >= 15 is 0 Å². The molecule has 1 heteroatoms. The van der Waals surface area contributed by atoms with E-state index in [2.05, 4.69) is 98.1 Å². The SMILES string of the molecule is C\C=C/C=C\C=C/c1ccc(N/C(C)=C/C/C=C(\C)Cc2ccccc2)cc1. The lowest BCUT2D eigenvalue weighted by Gasteiger charge is -2.07. The van der Waals surface area contributed by atoms with Crippen molar-refractivity contribution in [3.8, 4) is 0 Å². The van der Waals surface area contributed by atoms with Crippen LogP contribution in [0.3, 0.4) is 0 Å². The standard InChI is InChI=1S/C27H31N/c1-4-5-6-7-9-15-25-18-20-27(21-19-25)28-24(3)14-12-13-23(2)22-26-16-10-8-11-17-26/h4-11,13-21,28H,12,22H2,1-3H3/b5-4-,7-6-,15-9-,23-13+,24-14+. The van der Waals surface area contributed by atoms with Crippen LogP contribution in [-0.4, -0.2) is 0 Å². The minimum atomic E-state index is 0.941. The van der Waals surface area contributed by atoms with Crippen LogP contribution in [0.5, 0.6) is 0 Å². The van der Waals surface area contributed by atoms with E-state index in [0.717, 1.165) is 18.5 Å². The van der Waals surface area contributed by atoms with Gasteiger partial charge in [-0.05, 0) is 56.9 Å². The van der Waals surface area contributed by atoms with Crippen LogP contribution in [0.25, 0.3) is 6.08 Å². The fraction of sp³-hybridized carbons (Fsp3) is 0.185. The Kier molecular flexibility index (Phi) is 9.37. The number of hydrogen-bond acceptors (Lipinski definition) is 1. The van der Waals surface area contributed by atoms with E-state index in [1.165, 1.54) is 22.4 Å². The highest BCUT2D eigenvalue weighted by molar-refractivity contribution is 5.57. The number of anilines is 1. The van der Waals surface area contributed by atoms with Gasteiger partial charge in [0.25, 0.3) is 0 Å². The van der Waals surface area contributed by atoms with Gasteiger partial charge in [-0.15, -0.1) is 0 Å². The van der Waals surface area contributed by atoms with E-state index in [9.17, 15) is 0 Å². The molecule has 1 N–H and O–H groups in total. The molecule has 0 unspecified atom stereocenters. The minimum absolute atomic E-state index is 0.941. The first-order valence-electron chi connectivity index (χ1n) is 9.87. The summed E-state index contributed by atoms with van der Waals surface area (Å²) in [5.74, 6) is 0.